The van der Waals surface area contributed by atoms with Crippen molar-refractivity contribution in [3.63, 3.8) is 0 Å². The summed E-state index contributed by atoms with van der Waals surface area (Å²) in [5, 5.41) is 11.8. The molecule has 0 unspecified atom stereocenters. The van der Waals surface area contributed by atoms with Gasteiger partial charge in [0.05, 0.1) is 10.9 Å². The van der Waals surface area contributed by atoms with E-state index < -0.39 is 0 Å². The number of benzene rings is 2. The molecule has 0 saturated heterocycles. The van der Waals surface area contributed by atoms with E-state index in [4.69, 9.17) is 0 Å². The second-order valence-corrected chi connectivity index (χ2v) is 4.34. The van der Waals surface area contributed by atoms with Crippen LogP contribution >= 0.6 is 15.9 Å². The number of phenolic OH excluding ortho intramolecular Hbond substituents is 1. The van der Waals surface area contributed by atoms with Crippen LogP contribution in [0.5, 0.6) is 5.75 Å². The number of H-pyrrole nitrogens is 1. The molecule has 0 bridgehead atoms. The molecule has 0 spiro atoms. The van der Waals surface area contributed by atoms with Gasteiger partial charge in [0.1, 0.15) is 5.75 Å². The maximum atomic E-state index is 9.84. The zero-order valence-corrected chi connectivity index (χ0v) is 9.38. The lowest BCUT2D eigenvalue weighted by atomic mass is 10.1. The summed E-state index contributed by atoms with van der Waals surface area (Å²) in [6.45, 7) is 0. The van der Waals surface area contributed by atoms with Gasteiger partial charge in [0.15, 0.2) is 0 Å². The average molecular weight is 262 g/mol. The number of rotatable bonds is 0. The van der Waals surface area contributed by atoms with E-state index in [1.807, 2.05) is 30.3 Å². The predicted octanol–water partition coefficient (Wildman–Crippen LogP) is 3.79. The van der Waals surface area contributed by atoms with Crippen molar-refractivity contribution in [2.75, 3.05) is 0 Å². The van der Waals surface area contributed by atoms with Gasteiger partial charge in [-0.25, -0.2) is 0 Å². The molecule has 0 aliphatic rings. The van der Waals surface area contributed by atoms with Crippen LogP contribution in [0.1, 0.15) is 0 Å². The average Bonchev–Trinajstić information content (AvgIpc) is 2.64. The van der Waals surface area contributed by atoms with Gasteiger partial charge in [-0.2, -0.15) is 0 Å². The molecule has 0 radical (unpaired) electrons. The van der Waals surface area contributed by atoms with Crippen molar-refractivity contribution in [1.82, 2.24) is 4.98 Å². The molecule has 0 aliphatic carbocycles. The van der Waals surface area contributed by atoms with Crippen molar-refractivity contribution >= 4 is 37.7 Å². The Bertz CT molecular complexity index is 657. The summed E-state index contributed by atoms with van der Waals surface area (Å²) >= 11 is 3.47. The molecule has 15 heavy (non-hydrogen) atoms. The van der Waals surface area contributed by atoms with Crippen molar-refractivity contribution in [3.8, 4) is 5.75 Å². The van der Waals surface area contributed by atoms with Crippen LogP contribution in [0.4, 0.5) is 0 Å². The molecule has 3 heteroatoms. The first-order chi connectivity index (χ1) is 7.27. The summed E-state index contributed by atoms with van der Waals surface area (Å²) in [5.74, 6) is 0.311. The Balaban J connectivity index is 2.66. The molecule has 0 amide bonds. The van der Waals surface area contributed by atoms with E-state index in [1.165, 1.54) is 0 Å². The van der Waals surface area contributed by atoms with Gasteiger partial charge in [0.25, 0.3) is 0 Å². The third-order valence-corrected chi connectivity index (χ3v) is 3.25. The zero-order valence-electron chi connectivity index (χ0n) is 7.79. The first-order valence-corrected chi connectivity index (χ1v) is 5.44. The summed E-state index contributed by atoms with van der Waals surface area (Å²) in [6.07, 6.45) is 0. The molecule has 74 valence electrons. The molecular formula is C12H8BrNO. The molecule has 3 rings (SSSR count). The van der Waals surface area contributed by atoms with Crippen LogP contribution in [0.2, 0.25) is 0 Å². The molecule has 0 aliphatic heterocycles. The van der Waals surface area contributed by atoms with Gasteiger partial charge >= 0.3 is 0 Å². The van der Waals surface area contributed by atoms with Gasteiger partial charge in [-0.05, 0) is 34.1 Å². The molecule has 0 fully saturated rings. The van der Waals surface area contributed by atoms with E-state index in [2.05, 4.69) is 20.9 Å². The minimum Gasteiger partial charge on any atom is -0.507 e. The minimum absolute atomic E-state index is 0.311. The second kappa shape index (κ2) is 3.00. The third-order valence-electron chi connectivity index (χ3n) is 2.59. The van der Waals surface area contributed by atoms with Gasteiger partial charge in [-0.3, -0.25) is 0 Å². The molecule has 0 saturated carbocycles. The lowest BCUT2D eigenvalue weighted by Crippen LogP contribution is -1.71. The van der Waals surface area contributed by atoms with Crippen molar-refractivity contribution in [1.29, 1.82) is 0 Å². The van der Waals surface area contributed by atoms with Crippen LogP contribution in [0.25, 0.3) is 21.8 Å². The quantitative estimate of drug-likeness (QED) is 0.635. The van der Waals surface area contributed by atoms with Gasteiger partial charge in [-0.1, -0.05) is 18.2 Å². The smallest absolute Gasteiger partial charge is 0.125 e. The Morgan fingerprint density at radius 3 is 2.73 bits per heavy atom. The molecule has 2 N–H and O–H groups in total. The van der Waals surface area contributed by atoms with Crippen LogP contribution in [-0.2, 0) is 0 Å². The largest absolute Gasteiger partial charge is 0.507 e. The maximum absolute atomic E-state index is 9.84. The number of nitrogens with one attached hydrogen (secondary N) is 1. The number of aromatic nitrogens is 1. The fourth-order valence-electron chi connectivity index (χ4n) is 1.91. The van der Waals surface area contributed by atoms with Gasteiger partial charge in [-0.15, -0.1) is 0 Å². The highest BCUT2D eigenvalue weighted by molar-refractivity contribution is 9.10. The molecule has 2 nitrogen and oxygen atoms in total. The third kappa shape index (κ3) is 1.16. The zero-order chi connectivity index (χ0) is 10.4. The highest BCUT2D eigenvalue weighted by atomic mass is 79.9. The summed E-state index contributed by atoms with van der Waals surface area (Å²) in [7, 11) is 0. The highest BCUT2D eigenvalue weighted by Gasteiger charge is 2.09. The number of hydrogen-bond acceptors (Lipinski definition) is 1. The van der Waals surface area contributed by atoms with Crippen LogP contribution in [0, 0.1) is 0 Å². The normalized spacial score (nSPS) is 11.3. The van der Waals surface area contributed by atoms with E-state index in [1.54, 1.807) is 6.07 Å². The molecule has 3 aromatic rings. The Hall–Kier alpha value is -1.48. The number of aromatic amines is 1. The number of aromatic hydroxyl groups is 1. The number of para-hydroxylation sites is 1. The second-order valence-electron chi connectivity index (χ2n) is 3.49. The topological polar surface area (TPSA) is 36.0 Å². The Labute approximate surface area is 94.7 Å². The van der Waals surface area contributed by atoms with Gasteiger partial charge < -0.3 is 10.1 Å². The van der Waals surface area contributed by atoms with Crippen molar-refractivity contribution < 1.29 is 5.11 Å². The van der Waals surface area contributed by atoms with Crippen LogP contribution in [0.3, 0.4) is 0 Å². The summed E-state index contributed by atoms with van der Waals surface area (Å²) < 4.78 is 0.964. The number of hydrogen-bond donors (Lipinski definition) is 2. The van der Waals surface area contributed by atoms with Crippen LogP contribution < -0.4 is 0 Å². The summed E-state index contributed by atoms with van der Waals surface area (Å²) in [5.41, 5.74) is 1.98. The first kappa shape index (κ1) is 8.80. The highest BCUT2D eigenvalue weighted by Crippen LogP contribution is 2.36. The van der Waals surface area contributed by atoms with Crippen LogP contribution in [-0.4, -0.2) is 10.1 Å². The van der Waals surface area contributed by atoms with E-state index in [0.29, 0.717) is 5.75 Å². The molecule has 1 aromatic heterocycles. The molecule has 2 aromatic carbocycles. The Morgan fingerprint density at radius 1 is 1.07 bits per heavy atom. The SMILES string of the molecule is Oc1ccc(Br)c2[nH]c3ccccc3c12. The number of phenols is 1. The lowest BCUT2D eigenvalue weighted by molar-refractivity contribution is 0.482. The number of halogens is 1. The molecule has 1 heterocycles. The summed E-state index contributed by atoms with van der Waals surface area (Å²) in [6, 6.07) is 11.5. The van der Waals surface area contributed by atoms with E-state index in [0.717, 1.165) is 26.3 Å². The minimum atomic E-state index is 0.311. The summed E-state index contributed by atoms with van der Waals surface area (Å²) in [4.78, 5) is 3.28. The lowest BCUT2D eigenvalue weighted by Gasteiger charge is -1.97. The van der Waals surface area contributed by atoms with E-state index in [-0.39, 0.29) is 0 Å². The Morgan fingerprint density at radius 2 is 1.87 bits per heavy atom. The van der Waals surface area contributed by atoms with Crippen molar-refractivity contribution in [2.45, 2.75) is 0 Å². The first-order valence-electron chi connectivity index (χ1n) is 4.65. The molecular weight excluding hydrogens is 254 g/mol. The monoisotopic (exact) mass is 261 g/mol. The number of fused-ring (bicyclic) bond motifs is 3. The fraction of sp³-hybridized carbons (Fsp3) is 0. The van der Waals surface area contributed by atoms with Gasteiger partial charge in [0.2, 0.25) is 0 Å². The van der Waals surface area contributed by atoms with Crippen LogP contribution in [0.15, 0.2) is 40.9 Å². The van der Waals surface area contributed by atoms with E-state index in [9.17, 15) is 5.11 Å². The Kier molecular flexibility index (Phi) is 1.76. The van der Waals surface area contributed by atoms with Crippen molar-refractivity contribution in [2.24, 2.45) is 0 Å². The molecule has 0 atom stereocenters. The maximum Gasteiger partial charge on any atom is 0.125 e. The predicted molar refractivity (Wildman–Crippen MR) is 65.2 cm³/mol. The van der Waals surface area contributed by atoms with Gasteiger partial charge in [0, 0.05) is 15.4 Å². The van der Waals surface area contributed by atoms with E-state index >= 15 is 0 Å². The fourth-order valence-corrected chi connectivity index (χ4v) is 2.34. The van der Waals surface area contributed by atoms with Crippen molar-refractivity contribution in [3.05, 3.63) is 40.9 Å². The standard InChI is InChI=1S/C12H8BrNO/c13-8-5-6-10(15)11-7-3-1-2-4-9(7)14-12(8)11/h1-6,14-15H.